The van der Waals surface area contributed by atoms with E-state index in [1.165, 1.54) is 18.7 Å². The van der Waals surface area contributed by atoms with Crippen LogP contribution in [0.3, 0.4) is 0 Å². The molecule has 3 atom stereocenters. The number of nitrogens with zero attached hydrogens (tertiary/aromatic N) is 2. The van der Waals surface area contributed by atoms with E-state index in [0.29, 0.717) is 18.5 Å². The summed E-state index contributed by atoms with van der Waals surface area (Å²) < 4.78 is 11.4. The third-order valence-electron chi connectivity index (χ3n) is 8.38. The fraction of sp³-hybridized carbons (Fsp3) is 0.257. The van der Waals surface area contributed by atoms with E-state index in [0.717, 1.165) is 35.5 Å². The highest BCUT2D eigenvalue weighted by Crippen LogP contribution is 2.46. The Balaban J connectivity index is 1.35. The highest BCUT2D eigenvalue weighted by atomic mass is 16.6. The number of phenolic OH excluding ortho intramolecular Hbond substituents is 1. The summed E-state index contributed by atoms with van der Waals surface area (Å²) in [7, 11) is 1.46. The third-order valence-corrected chi connectivity index (χ3v) is 8.38. The molecule has 0 saturated carbocycles. The first-order valence-electron chi connectivity index (χ1n) is 14.6. The minimum absolute atomic E-state index is 0.122. The lowest BCUT2D eigenvalue weighted by molar-refractivity contribution is 0.0583. The Hall–Kier alpha value is -4.98. The van der Waals surface area contributed by atoms with E-state index in [1.54, 1.807) is 17.0 Å². The molecule has 0 fully saturated rings. The molecule has 2 aliphatic heterocycles. The first-order chi connectivity index (χ1) is 21.0. The molecule has 2 aliphatic rings. The SMILES string of the molecule is COc1ccc(C(=O)N2c3ccccc3C(N3CCc4ccccc43)C(OC(=O)NCCc3ccccc3)C2C)cc1O. The van der Waals surface area contributed by atoms with Crippen LogP contribution in [-0.2, 0) is 17.6 Å². The normalized spacial score (nSPS) is 18.9. The van der Waals surface area contributed by atoms with E-state index >= 15 is 0 Å². The van der Waals surface area contributed by atoms with Crippen LogP contribution >= 0.6 is 0 Å². The molecule has 2 N–H and O–H groups in total. The Morgan fingerprint density at radius 3 is 2.42 bits per heavy atom. The van der Waals surface area contributed by atoms with E-state index in [9.17, 15) is 14.7 Å². The quantitative estimate of drug-likeness (QED) is 0.285. The van der Waals surface area contributed by atoms with Crippen LogP contribution in [-0.4, -0.2) is 49.5 Å². The van der Waals surface area contributed by atoms with Gasteiger partial charge in [-0.2, -0.15) is 0 Å². The standard InChI is InChI=1S/C35H35N3O5/c1-23-33(43-35(41)36-20-18-24-10-4-3-5-11-24)32(37-21-19-25-12-6-8-14-28(25)37)27-13-7-9-15-29(27)38(23)34(40)26-16-17-31(42-2)30(39)22-26/h3-17,22-23,32-33,39H,18-21H2,1-2H3,(H,36,41). The van der Waals surface area contributed by atoms with E-state index in [-0.39, 0.29) is 23.4 Å². The molecule has 4 aromatic carbocycles. The van der Waals surface area contributed by atoms with Crippen molar-refractivity contribution in [3.63, 3.8) is 0 Å². The number of carbonyl (C=O) groups is 2. The number of benzene rings is 4. The lowest BCUT2D eigenvalue weighted by atomic mass is 9.87. The number of carbonyl (C=O) groups excluding carboxylic acids is 2. The average Bonchev–Trinajstić information content (AvgIpc) is 3.45. The van der Waals surface area contributed by atoms with Gasteiger partial charge in [0.05, 0.1) is 19.2 Å². The Bertz CT molecular complexity index is 1630. The highest BCUT2D eigenvalue weighted by molar-refractivity contribution is 6.08. The number of methoxy groups -OCH3 is 1. The van der Waals surface area contributed by atoms with E-state index in [2.05, 4.69) is 22.3 Å². The maximum absolute atomic E-state index is 14.1. The molecule has 0 aromatic heterocycles. The molecule has 43 heavy (non-hydrogen) atoms. The van der Waals surface area contributed by atoms with Crippen LogP contribution in [0.25, 0.3) is 0 Å². The van der Waals surface area contributed by atoms with Gasteiger partial charge in [-0.15, -0.1) is 0 Å². The molecule has 2 amide bonds. The van der Waals surface area contributed by atoms with Crippen LogP contribution in [0.4, 0.5) is 16.2 Å². The summed E-state index contributed by atoms with van der Waals surface area (Å²) in [5.41, 5.74) is 5.41. The largest absolute Gasteiger partial charge is 0.504 e. The second-order valence-electron chi connectivity index (χ2n) is 10.9. The molecule has 220 valence electrons. The van der Waals surface area contributed by atoms with Gasteiger partial charge in [-0.05, 0) is 61.2 Å². The number of amides is 2. The summed E-state index contributed by atoms with van der Waals surface area (Å²) in [6, 6.07) is 29.8. The Morgan fingerprint density at radius 1 is 0.930 bits per heavy atom. The molecular formula is C35H35N3O5. The minimum atomic E-state index is -0.687. The van der Waals surface area contributed by atoms with Crippen molar-refractivity contribution in [3.8, 4) is 11.5 Å². The number of phenols is 1. The second-order valence-corrected chi connectivity index (χ2v) is 10.9. The van der Waals surface area contributed by atoms with Gasteiger partial charge in [-0.1, -0.05) is 66.7 Å². The zero-order valence-electron chi connectivity index (χ0n) is 24.3. The van der Waals surface area contributed by atoms with Gasteiger partial charge in [0.1, 0.15) is 6.10 Å². The number of nitrogens with one attached hydrogen (secondary N) is 1. The molecule has 2 heterocycles. The predicted molar refractivity (Wildman–Crippen MR) is 166 cm³/mol. The van der Waals surface area contributed by atoms with E-state index in [4.69, 9.17) is 9.47 Å². The summed E-state index contributed by atoms with van der Waals surface area (Å²) in [5.74, 6) is -0.149. The number of fused-ring (bicyclic) bond motifs is 2. The van der Waals surface area contributed by atoms with Gasteiger partial charge in [-0.25, -0.2) is 4.79 Å². The summed E-state index contributed by atoms with van der Waals surface area (Å²) in [4.78, 5) is 31.4. The number of hydrogen-bond acceptors (Lipinski definition) is 6. The van der Waals surface area contributed by atoms with Gasteiger partial charge < -0.3 is 29.7 Å². The third kappa shape index (κ3) is 5.48. The van der Waals surface area contributed by atoms with E-state index < -0.39 is 18.2 Å². The Kier molecular flexibility index (Phi) is 7.92. The number of para-hydroxylation sites is 2. The van der Waals surface area contributed by atoms with Crippen molar-refractivity contribution in [2.75, 3.05) is 30.0 Å². The summed E-state index contributed by atoms with van der Waals surface area (Å²) in [5, 5.41) is 13.4. The van der Waals surface area contributed by atoms with Crippen molar-refractivity contribution in [1.82, 2.24) is 5.32 Å². The van der Waals surface area contributed by atoms with Crippen molar-refractivity contribution in [2.45, 2.75) is 38.0 Å². The van der Waals surface area contributed by atoms with Crippen LogP contribution in [0.2, 0.25) is 0 Å². The lowest BCUT2D eigenvalue weighted by Crippen LogP contribution is -2.57. The first kappa shape index (κ1) is 28.2. The first-order valence-corrected chi connectivity index (χ1v) is 14.6. The summed E-state index contributed by atoms with van der Waals surface area (Å²) >= 11 is 0. The van der Waals surface area contributed by atoms with Crippen molar-refractivity contribution < 1.29 is 24.2 Å². The monoisotopic (exact) mass is 577 g/mol. The van der Waals surface area contributed by atoms with Crippen LogP contribution in [0, 0.1) is 0 Å². The van der Waals surface area contributed by atoms with E-state index in [1.807, 2.05) is 73.7 Å². The van der Waals surface area contributed by atoms with Gasteiger partial charge in [0.2, 0.25) is 0 Å². The molecule has 4 aromatic rings. The van der Waals surface area contributed by atoms with Gasteiger partial charge in [-0.3, -0.25) is 4.79 Å². The number of aromatic hydroxyl groups is 1. The van der Waals surface area contributed by atoms with Crippen LogP contribution in [0.5, 0.6) is 11.5 Å². The van der Waals surface area contributed by atoms with Crippen molar-refractivity contribution >= 4 is 23.4 Å². The summed E-state index contributed by atoms with van der Waals surface area (Å²) in [6.45, 7) is 3.10. The molecule has 8 heteroatoms. The zero-order valence-corrected chi connectivity index (χ0v) is 24.3. The maximum atomic E-state index is 14.1. The molecular weight excluding hydrogens is 542 g/mol. The molecule has 0 spiro atoms. The summed E-state index contributed by atoms with van der Waals surface area (Å²) in [6.07, 6.45) is 0.341. The molecule has 3 unspecified atom stereocenters. The average molecular weight is 578 g/mol. The van der Waals surface area contributed by atoms with Crippen molar-refractivity contribution in [2.24, 2.45) is 0 Å². The maximum Gasteiger partial charge on any atom is 0.407 e. The predicted octanol–water partition coefficient (Wildman–Crippen LogP) is 5.89. The molecule has 8 nitrogen and oxygen atoms in total. The van der Waals surface area contributed by atoms with Crippen LogP contribution < -0.4 is 19.9 Å². The number of anilines is 2. The fourth-order valence-corrected chi connectivity index (χ4v) is 6.30. The molecule has 0 bridgehead atoms. The number of hydrogen-bond donors (Lipinski definition) is 2. The van der Waals surface area contributed by atoms with Crippen molar-refractivity contribution in [1.29, 1.82) is 0 Å². The molecule has 0 saturated heterocycles. The molecule has 0 aliphatic carbocycles. The van der Waals surface area contributed by atoms with Crippen LogP contribution in [0.15, 0.2) is 97.1 Å². The fourth-order valence-electron chi connectivity index (χ4n) is 6.30. The Morgan fingerprint density at radius 2 is 1.65 bits per heavy atom. The number of ether oxygens (including phenoxy) is 2. The smallest absolute Gasteiger partial charge is 0.407 e. The minimum Gasteiger partial charge on any atom is -0.504 e. The van der Waals surface area contributed by atoms with Gasteiger partial charge in [0.15, 0.2) is 11.5 Å². The topological polar surface area (TPSA) is 91.3 Å². The zero-order chi connectivity index (χ0) is 29.9. The molecule has 6 rings (SSSR count). The number of alkyl carbamates (subject to hydrolysis) is 1. The van der Waals surface area contributed by atoms with Gasteiger partial charge >= 0.3 is 6.09 Å². The Labute approximate surface area is 251 Å². The van der Waals surface area contributed by atoms with Crippen molar-refractivity contribution in [3.05, 3.63) is 119 Å². The van der Waals surface area contributed by atoms with Gasteiger partial charge in [0.25, 0.3) is 5.91 Å². The number of rotatable bonds is 7. The highest BCUT2D eigenvalue weighted by Gasteiger charge is 2.47. The molecule has 0 radical (unpaired) electrons. The van der Waals surface area contributed by atoms with Gasteiger partial charge in [0, 0.05) is 35.6 Å². The lowest BCUT2D eigenvalue weighted by Gasteiger charge is -2.47. The second kappa shape index (κ2) is 12.1. The van der Waals surface area contributed by atoms with Crippen LogP contribution in [0.1, 0.15) is 40.0 Å².